The van der Waals surface area contributed by atoms with Gasteiger partial charge in [0, 0.05) is 37.7 Å². The number of nitrogens with zero attached hydrogens (tertiary/aromatic N) is 3. The summed E-state index contributed by atoms with van der Waals surface area (Å²) < 4.78 is 11.0. The van der Waals surface area contributed by atoms with Crippen molar-refractivity contribution < 1.29 is 14.3 Å². The van der Waals surface area contributed by atoms with Crippen molar-refractivity contribution in [3.63, 3.8) is 0 Å². The Morgan fingerprint density at radius 3 is 2.64 bits per heavy atom. The molecule has 0 unspecified atom stereocenters. The molecule has 0 saturated carbocycles. The van der Waals surface area contributed by atoms with Crippen molar-refractivity contribution in [3.05, 3.63) is 36.2 Å². The summed E-state index contributed by atoms with van der Waals surface area (Å²) in [6.45, 7) is 3.92. The van der Waals surface area contributed by atoms with Crippen molar-refractivity contribution in [2.45, 2.75) is 19.8 Å². The molecule has 0 saturated heterocycles. The van der Waals surface area contributed by atoms with Gasteiger partial charge < -0.3 is 19.7 Å². The van der Waals surface area contributed by atoms with E-state index in [-0.39, 0.29) is 5.91 Å². The summed E-state index contributed by atoms with van der Waals surface area (Å²) in [7, 11) is 1.79. The molecule has 0 fully saturated rings. The summed E-state index contributed by atoms with van der Waals surface area (Å²) in [6, 6.07) is 5.56. The molecule has 1 aromatic carbocycles. The highest BCUT2D eigenvalue weighted by atomic mass is 16.6. The zero-order valence-corrected chi connectivity index (χ0v) is 14.5. The molecule has 7 heteroatoms. The Hall–Kier alpha value is -2.83. The molecule has 0 radical (unpaired) electrons. The van der Waals surface area contributed by atoms with Crippen LogP contribution >= 0.6 is 0 Å². The van der Waals surface area contributed by atoms with Crippen LogP contribution in [0.15, 0.2) is 30.6 Å². The normalized spacial score (nSPS) is 12.6. The number of hydrogen-bond acceptors (Lipinski definition) is 6. The number of aromatic nitrogens is 2. The first kappa shape index (κ1) is 17.0. The lowest BCUT2D eigenvalue weighted by Gasteiger charge is -2.19. The van der Waals surface area contributed by atoms with Crippen molar-refractivity contribution in [1.82, 2.24) is 14.9 Å². The van der Waals surface area contributed by atoms with Crippen LogP contribution in [0.5, 0.6) is 11.5 Å². The van der Waals surface area contributed by atoms with Gasteiger partial charge in [0.1, 0.15) is 13.2 Å². The summed E-state index contributed by atoms with van der Waals surface area (Å²) in [5.41, 5.74) is 1.27. The molecule has 0 atom stereocenters. The molecule has 0 bridgehead atoms. The number of benzene rings is 1. The average molecular weight is 342 g/mol. The molecule has 1 aliphatic rings. The number of unbranched alkanes of at least 4 members (excludes halogenated alkanes) is 1. The second kappa shape index (κ2) is 7.83. The predicted octanol–water partition coefficient (Wildman–Crippen LogP) is 2.86. The van der Waals surface area contributed by atoms with E-state index >= 15 is 0 Å². The van der Waals surface area contributed by atoms with Crippen molar-refractivity contribution in [2.75, 3.05) is 32.1 Å². The summed E-state index contributed by atoms with van der Waals surface area (Å²) in [5, 5.41) is 3.10. The van der Waals surface area contributed by atoms with Crippen LogP contribution < -0.4 is 14.8 Å². The van der Waals surface area contributed by atoms with Gasteiger partial charge in [0.05, 0.1) is 5.56 Å². The Kier molecular flexibility index (Phi) is 5.33. The van der Waals surface area contributed by atoms with Gasteiger partial charge in [-0.15, -0.1) is 0 Å². The molecule has 2 aromatic rings. The fourth-order valence-electron chi connectivity index (χ4n) is 2.47. The van der Waals surface area contributed by atoms with E-state index in [9.17, 15) is 4.79 Å². The average Bonchev–Trinajstić information content (AvgIpc) is 2.66. The highest BCUT2D eigenvalue weighted by molar-refractivity contribution is 5.93. The topological polar surface area (TPSA) is 76.6 Å². The first-order valence-corrected chi connectivity index (χ1v) is 8.41. The largest absolute Gasteiger partial charge is 0.486 e. The Labute approximate surface area is 147 Å². The standard InChI is InChI=1S/C18H22N4O3/c1-3-4-7-22(2)17(23)13-11-19-18(20-12-13)21-14-5-6-15-16(10-14)25-9-8-24-15/h5-6,10-12H,3-4,7-9H2,1-2H3,(H,19,20,21). The van der Waals surface area contributed by atoms with Crippen molar-refractivity contribution in [2.24, 2.45) is 0 Å². The van der Waals surface area contributed by atoms with E-state index in [1.165, 1.54) is 12.4 Å². The maximum atomic E-state index is 12.3. The molecule has 1 N–H and O–H groups in total. The van der Waals surface area contributed by atoms with Crippen LogP contribution in [-0.4, -0.2) is 47.6 Å². The van der Waals surface area contributed by atoms with Crippen LogP contribution in [0.1, 0.15) is 30.1 Å². The van der Waals surface area contributed by atoms with Crippen molar-refractivity contribution >= 4 is 17.5 Å². The second-order valence-electron chi connectivity index (χ2n) is 5.86. The first-order chi connectivity index (χ1) is 12.2. The Morgan fingerprint density at radius 1 is 1.20 bits per heavy atom. The molecule has 1 aliphatic heterocycles. The molecule has 2 heterocycles. The van der Waals surface area contributed by atoms with Crippen molar-refractivity contribution in [1.29, 1.82) is 0 Å². The van der Waals surface area contributed by atoms with Crippen molar-refractivity contribution in [3.8, 4) is 11.5 Å². The number of amides is 1. The molecule has 25 heavy (non-hydrogen) atoms. The predicted molar refractivity (Wildman–Crippen MR) is 94.6 cm³/mol. The van der Waals surface area contributed by atoms with Crippen LogP contribution in [0, 0.1) is 0 Å². The smallest absolute Gasteiger partial charge is 0.256 e. The van der Waals surface area contributed by atoms with Gasteiger partial charge >= 0.3 is 0 Å². The van der Waals surface area contributed by atoms with E-state index in [1.54, 1.807) is 11.9 Å². The minimum atomic E-state index is -0.0701. The summed E-state index contributed by atoms with van der Waals surface area (Å²) in [6.07, 6.45) is 5.11. The summed E-state index contributed by atoms with van der Waals surface area (Å²) in [5.74, 6) is 1.78. The molecule has 0 aliphatic carbocycles. The molecule has 0 spiro atoms. The molecule has 7 nitrogen and oxygen atoms in total. The quantitative estimate of drug-likeness (QED) is 0.870. The molecule has 1 amide bonds. The third-order valence-corrected chi connectivity index (χ3v) is 3.89. The van der Waals surface area contributed by atoms with Gasteiger partial charge in [0.15, 0.2) is 11.5 Å². The van der Waals surface area contributed by atoms with Gasteiger partial charge in [0.2, 0.25) is 5.95 Å². The van der Waals surface area contributed by atoms with E-state index in [1.807, 2.05) is 18.2 Å². The van der Waals surface area contributed by atoms with Gasteiger partial charge in [0.25, 0.3) is 5.91 Å². The number of anilines is 2. The van der Waals surface area contributed by atoms with Gasteiger partial charge in [-0.3, -0.25) is 4.79 Å². The van der Waals surface area contributed by atoms with Crippen LogP contribution in [0.25, 0.3) is 0 Å². The number of ether oxygens (including phenoxy) is 2. The molecule has 1 aromatic heterocycles. The van der Waals surface area contributed by atoms with Gasteiger partial charge in [-0.25, -0.2) is 9.97 Å². The van der Waals surface area contributed by atoms with Crippen LogP contribution in [0.3, 0.4) is 0 Å². The van der Waals surface area contributed by atoms with Gasteiger partial charge in [-0.05, 0) is 18.6 Å². The number of rotatable bonds is 6. The molecular formula is C18H22N4O3. The lowest BCUT2D eigenvalue weighted by Crippen LogP contribution is -2.27. The number of fused-ring (bicyclic) bond motifs is 1. The molecule has 132 valence electrons. The molecule has 3 rings (SSSR count). The van der Waals surface area contributed by atoms with E-state index in [0.717, 1.165) is 30.8 Å². The highest BCUT2D eigenvalue weighted by Gasteiger charge is 2.14. The maximum Gasteiger partial charge on any atom is 0.256 e. The van der Waals surface area contributed by atoms with E-state index in [2.05, 4.69) is 22.2 Å². The number of nitrogens with one attached hydrogen (secondary N) is 1. The molecular weight excluding hydrogens is 320 g/mol. The fraction of sp³-hybridized carbons (Fsp3) is 0.389. The van der Waals surface area contributed by atoms with E-state index in [4.69, 9.17) is 9.47 Å². The van der Waals surface area contributed by atoms with Crippen LogP contribution in [0.4, 0.5) is 11.6 Å². The van der Waals surface area contributed by atoms with Crippen LogP contribution in [0.2, 0.25) is 0 Å². The monoisotopic (exact) mass is 342 g/mol. The number of hydrogen-bond donors (Lipinski definition) is 1. The SMILES string of the molecule is CCCCN(C)C(=O)c1cnc(Nc2ccc3c(c2)OCCO3)nc1. The Balaban J connectivity index is 1.65. The minimum Gasteiger partial charge on any atom is -0.486 e. The fourth-order valence-corrected chi connectivity index (χ4v) is 2.47. The van der Waals surface area contributed by atoms with Crippen LogP contribution in [-0.2, 0) is 0 Å². The van der Waals surface area contributed by atoms with Gasteiger partial charge in [-0.2, -0.15) is 0 Å². The second-order valence-corrected chi connectivity index (χ2v) is 5.86. The Morgan fingerprint density at radius 2 is 1.92 bits per heavy atom. The third-order valence-electron chi connectivity index (χ3n) is 3.89. The summed E-state index contributed by atoms with van der Waals surface area (Å²) >= 11 is 0. The van der Waals surface area contributed by atoms with Gasteiger partial charge in [-0.1, -0.05) is 13.3 Å². The lowest BCUT2D eigenvalue weighted by atomic mass is 10.2. The zero-order chi connectivity index (χ0) is 17.6. The van der Waals surface area contributed by atoms with E-state index in [0.29, 0.717) is 30.5 Å². The Bertz CT molecular complexity index is 734. The lowest BCUT2D eigenvalue weighted by molar-refractivity contribution is 0.0792. The third kappa shape index (κ3) is 4.17. The number of carbonyl (C=O) groups excluding carboxylic acids is 1. The number of carbonyl (C=O) groups is 1. The maximum absolute atomic E-state index is 12.3. The minimum absolute atomic E-state index is 0.0701. The first-order valence-electron chi connectivity index (χ1n) is 8.41. The van der Waals surface area contributed by atoms with E-state index < -0.39 is 0 Å². The summed E-state index contributed by atoms with van der Waals surface area (Å²) in [4.78, 5) is 22.4. The highest BCUT2D eigenvalue weighted by Crippen LogP contribution is 2.33. The zero-order valence-electron chi connectivity index (χ0n) is 14.5.